The van der Waals surface area contributed by atoms with Crippen LogP contribution in [0.3, 0.4) is 0 Å². The summed E-state index contributed by atoms with van der Waals surface area (Å²) >= 11 is 5.90. The van der Waals surface area contributed by atoms with Crippen molar-refractivity contribution >= 4 is 22.5 Å². The number of halogens is 1. The predicted molar refractivity (Wildman–Crippen MR) is 60.0 cm³/mol. The fourth-order valence-corrected chi connectivity index (χ4v) is 1.93. The highest BCUT2D eigenvalue weighted by Crippen LogP contribution is 2.24. The second kappa shape index (κ2) is 4.23. The number of aliphatic hydroxyl groups excluding tert-OH is 2. The molecule has 3 nitrogen and oxygen atoms in total. The molecule has 0 saturated carbocycles. The summed E-state index contributed by atoms with van der Waals surface area (Å²) in [6.07, 6.45) is 1.84. The number of nitrogens with zero attached hydrogens (tertiary/aromatic N) is 1. The van der Waals surface area contributed by atoms with Crippen molar-refractivity contribution in [3.63, 3.8) is 0 Å². The standard InChI is InChI=1S/C11H12ClNO2/c12-9-1-2-10-8(7-15)6-13(3-4-14)11(10)5-9/h1-2,5-6,14-15H,3-4,7H2. The van der Waals surface area contributed by atoms with Gasteiger partial charge in [-0.3, -0.25) is 0 Å². The minimum absolute atomic E-state index is 0.00341. The Kier molecular flexibility index (Phi) is 2.95. The molecule has 0 fully saturated rings. The lowest BCUT2D eigenvalue weighted by molar-refractivity contribution is 0.274. The minimum Gasteiger partial charge on any atom is -0.395 e. The van der Waals surface area contributed by atoms with Gasteiger partial charge in [-0.05, 0) is 12.1 Å². The lowest BCUT2D eigenvalue weighted by Gasteiger charge is -2.01. The van der Waals surface area contributed by atoms with Gasteiger partial charge in [0.15, 0.2) is 0 Å². The number of hydrogen-bond acceptors (Lipinski definition) is 2. The van der Waals surface area contributed by atoms with Gasteiger partial charge in [-0.2, -0.15) is 0 Å². The number of benzene rings is 1. The summed E-state index contributed by atoms with van der Waals surface area (Å²) in [6.45, 7) is 0.578. The van der Waals surface area contributed by atoms with Crippen LogP contribution in [0.15, 0.2) is 24.4 Å². The van der Waals surface area contributed by atoms with Crippen molar-refractivity contribution in [1.29, 1.82) is 0 Å². The second-order valence-corrected chi connectivity index (χ2v) is 3.83. The zero-order valence-corrected chi connectivity index (χ0v) is 8.91. The van der Waals surface area contributed by atoms with Gasteiger partial charge in [-0.15, -0.1) is 0 Å². The summed E-state index contributed by atoms with van der Waals surface area (Å²) in [6, 6.07) is 5.52. The maximum atomic E-state index is 9.18. The molecule has 0 saturated heterocycles. The highest BCUT2D eigenvalue weighted by Gasteiger charge is 2.07. The predicted octanol–water partition coefficient (Wildman–Crippen LogP) is 1.78. The van der Waals surface area contributed by atoms with E-state index >= 15 is 0 Å². The van der Waals surface area contributed by atoms with Crippen molar-refractivity contribution in [2.24, 2.45) is 0 Å². The Morgan fingerprint density at radius 2 is 2.07 bits per heavy atom. The third-order valence-electron chi connectivity index (χ3n) is 2.44. The Bertz CT molecular complexity index is 479. The zero-order chi connectivity index (χ0) is 10.8. The molecule has 1 aromatic carbocycles. The van der Waals surface area contributed by atoms with E-state index in [0.717, 1.165) is 16.5 Å². The van der Waals surface area contributed by atoms with Crippen LogP contribution in [0.2, 0.25) is 5.02 Å². The van der Waals surface area contributed by atoms with Crippen LogP contribution in [0.5, 0.6) is 0 Å². The van der Waals surface area contributed by atoms with Crippen molar-refractivity contribution in [2.75, 3.05) is 6.61 Å². The molecule has 1 heterocycles. The van der Waals surface area contributed by atoms with Gasteiger partial charge in [0.1, 0.15) is 0 Å². The topological polar surface area (TPSA) is 45.4 Å². The molecule has 0 spiro atoms. The maximum Gasteiger partial charge on any atom is 0.0702 e. The van der Waals surface area contributed by atoms with Gasteiger partial charge in [0.25, 0.3) is 0 Å². The van der Waals surface area contributed by atoms with Crippen molar-refractivity contribution in [2.45, 2.75) is 13.2 Å². The van der Waals surface area contributed by atoms with E-state index in [0.29, 0.717) is 11.6 Å². The molecule has 2 rings (SSSR count). The first-order chi connectivity index (χ1) is 7.26. The molecule has 0 unspecified atom stereocenters. The summed E-state index contributed by atoms with van der Waals surface area (Å²) in [5.74, 6) is 0. The van der Waals surface area contributed by atoms with E-state index in [2.05, 4.69) is 0 Å². The summed E-state index contributed by atoms with van der Waals surface area (Å²) in [5, 5.41) is 19.7. The Labute approximate surface area is 92.5 Å². The van der Waals surface area contributed by atoms with Crippen LogP contribution in [0.25, 0.3) is 10.9 Å². The number of rotatable bonds is 3. The molecule has 80 valence electrons. The molecule has 0 atom stereocenters. The fraction of sp³-hybridized carbons (Fsp3) is 0.273. The Balaban J connectivity index is 2.64. The normalized spacial score (nSPS) is 11.1. The van der Waals surface area contributed by atoms with Crippen LogP contribution in [0.1, 0.15) is 5.56 Å². The largest absolute Gasteiger partial charge is 0.395 e. The van der Waals surface area contributed by atoms with Crippen LogP contribution in [-0.2, 0) is 13.2 Å². The molecule has 0 radical (unpaired) electrons. The summed E-state index contributed by atoms with van der Waals surface area (Å²) in [4.78, 5) is 0. The highest BCUT2D eigenvalue weighted by molar-refractivity contribution is 6.31. The molecule has 4 heteroatoms. The van der Waals surface area contributed by atoms with Gasteiger partial charge < -0.3 is 14.8 Å². The van der Waals surface area contributed by atoms with Gasteiger partial charge in [-0.1, -0.05) is 17.7 Å². The van der Waals surface area contributed by atoms with Gasteiger partial charge in [0, 0.05) is 34.2 Å². The van der Waals surface area contributed by atoms with Gasteiger partial charge >= 0.3 is 0 Å². The van der Waals surface area contributed by atoms with Gasteiger partial charge in [0.05, 0.1) is 13.2 Å². The third kappa shape index (κ3) is 1.86. The molecule has 0 bridgehead atoms. The zero-order valence-electron chi connectivity index (χ0n) is 8.15. The highest BCUT2D eigenvalue weighted by atomic mass is 35.5. The van der Waals surface area contributed by atoms with E-state index in [9.17, 15) is 5.11 Å². The summed E-state index contributed by atoms with van der Waals surface area (Å²) in [5.41, 5.74) is 1.80. The van der Waals surface area contributed by atoms with Crippen molar-refractivity contribution in [3.8, 4) is 0 Å². The SMILES string of the molecule is OCCn1cc(CO)c2ccc(Cl)cc21. The maximum absolute atomic E-state index is 9.18. The van der Waals surface area contributed by atoms with Crippen LogP contribution < -0.4 is 0 Å². The first kappa shape index (κ1) is 10.5. The van der Waals surface area contributed by atoms with Crippen molar-refractivity contribution < 1.29 is 10.2 Å². The summed E-state index contributed by atoms with van der Waals surface area (Å²) in [7, 11) is 0. The van der Waals surface area contributed by atoms with Crippen LogP contribution >= 0.6 is 11.6 Å². The average molecular weight is 226 g/mol. The lowest BCUT2D eigenvalue weighted by Crippen LogP contribution is -1.99. The van der Waals surface area contributed by atoms with Crippen molar-refractivity contribution in [3.05, 3.63) is 35.0 Å². The van der Waals surface area contributed by atoms with E-state index in [1.807, 2.05) is 22.9 Å². The van der Waals surface area contributed by atoms with Crippen LogP contribution in [0, 0.1) is 0 Å². The van der Waals surface area contributed by atoms with E-state index in [-0.39, 0.29) is 13.2 Å². The quantitative estimate of drug-likeness (QED) is 0.837. The molecule has 0 amide bonds. The van der Waals surface area contributed by atoms with Crippen molar-refractivity contribution in [1.82, 2.24) is 4.57 Å². The second-order valence-electron chi connectivity index (χ2n) is 3.39. The number of aromatic nitrogens is 1. The molecule has 0 aliphatic carbocycles. The van der Waals surface area contributed by atoms with E-state index in [1.54, 1.807) is 6.07 Å². The summed E-state index contributed by atoms with van der Waals surface area (Å²) < 4.78 is 1.90. The van der Waals surface area contributed by atoms with Gasteiger partial charge in [0.2, 0.25) is 0 Å². The smallest absolute Gasteiger partial charge is 0.0702 e. The average Bonchev–Trinajstić information content (AvgIpc) is 2.57. The molecule has 1 aromatic heterocycles. The molecular formula is C11H12ClNO2. The molecule has 2 N–H and O–H groups in total. The lowest BCUT2D eigenvalue weighted by atomic mass is 10.2. The molecule has 15 heavy (non-hydrogen) atoms. The first-order valence-electron chi connectivity index (χ1n) is 4.75. The third-order valence-corrected chi connectivity index (χ3v) is 2.67. The van der Waals surface area contributed by atoms with Gasteiger partial charge in [-0.25, -0.2) is 0 Å². The minimum atomic E-state index is -0.00341. The first-order valence-corrected chi connectivity index (χ1v) is 5.13. The number of aliphatic hydroxyl groups is 2. The Morgan fingerprint density at radius 1 is 1.27 bits per heavy atom. The number of hydrogen-bond donors (Lipinski definition) is 2. The number of fused-ring (bicyclic) bond motifs is 1. The van der Waals surface area contributed by atoms with E-state index in [1.165, 1.54) is 0 Å². The Hall–Kier alpha value is -1.03. The molecule has 0 aliphatic rings. The van der Waals surface area contributed by atoms with Crippen LogP contribution in [-0.4, -0.2) is 21.4 Å². The van der Waals surface area contributed by atoms with Crippen LogP contribution in [0.4, 0.5) is 0 Å². The molecule has 2 aromatic rings. The fourth-order valence-electron chi connectivity index (χ4n) is 1.76. The Morgan fingerprint density at radius 3 is 2.73 bits per heavy atom. The molecular weight excluding hydrogens is 214 g/mol. The van der Waals surface area contributed by atoms with E-state index < -0.39 is 0 Å². The molecule has 0 aliphatic heterocycles. The van der Waals surface area contributed by atoms with E-state index in [4.69, 9.17) is 16.7 Å². The monoisotopic (exact) mass is 225 g/mol.